The molecule has 0 atom stereocenters. The highest BCUT2D eigenvalue weighted by Gasteiger charge is 2.10. The molecular weight excluding hydrogens is 305 g/mol. The van der Waals surface area contributed by atoms with Crippen LogP contribution >= 0.6 is 0 Å². The molecule has 1 amide bonds. The monoisotopic (exact) mass is 325 g/mol. The fraction of sp³-hybridized carbons (Fsp3) is 0.263. The lowest BCUT2D eigenvalue weighted by Crippen LogP contribution is -2.27. The van der Waals surface area contributed by atoms with E-state index in [0.29, 0.717) is 19.4 Å². The first-order valence-electron chi connectivity index (χ1n) is 7.97. The normalized spacial score (nSPS) is 11.0. The zero-order chi connectivity index (χ0) is 17.1. The summed E-state index contributed by atoms with van der Waals surface area (Å²) < 4.78 is 13.3. The lowest BCUT2D eigenvalue weighted by molar-refractivity contribution is -0.120. The topological polar surface area (TPSA) is 57.8 Å². The molecule has 0 fully saturated rings. The first kappa shape index (κ1) is 16.2. The van der Waals surface area contributed by atoms with Gasteiger partial charge in [0.05, 0.1) is 6.42 Å². The summed E-state index contributed by atoms with van der Waals surface area (Å²) in [5.41, 5.74) is 4.86. The fourth-order valence-electron chi connectivity index (χ4n) is 2.97. The summed E-state index contributed by atoms with van der Waals surface area (Å²) >= 11 is 0. The number of hydrogen-bond donors (Lipinski definition) is 2. The summed E-state index contributed by atoms with van der Waals surface area (Å²) in [6.45, 7) is 4.47. The molecule has 5 heteroatoms. The minimum Gasteiger partial charge on any atom is -0.358 e. The van der Waals surface area contributed by atoms with Gasteiger partial charge in [0.1, 0.15) is 5.82 Å². The number of amides is 1. The van der Waals surface area contributed by atoms with E-state index in [1.807, 2.05) is 19.9 Å². The molecule has 1 aromatic carbocycles. The first-order chi connectivity index (χ1) is 11.5. The molecule has 0 saturated heterocycles. The molecule has 0 unspecified atom stereocenters. The van der Waals surface area contributed by atoms with Crippen molar-refractivity contribution in [1.29, 1.82) is 0 Å². The van der Waals surface area contributed by atoms with Crippen molar-refractivity contribution in [3.63, 3.8) is 0 Å². The maximum Gasteiger partial charge on any atom is 0.224 e. The molecule has 3 aromatic rings. The van der Waals surface area contributed by atoms with Gasteiger partial charge in [-0.15, -0.1) is 0 Å². The third-order valence-corrected chi connectivity index (χ3v) is 4.08. The molecule has 3 rings (SSSR count). The van der Waals surface area contributed by atoms with E-state index in [1.165, 1.54) is 12.1 Å². The zero-order valence-corrected chi connectivity index (χ0v) is 13.8. The third-order valence-electron chi connectivity index (χ3n) is 4.08. The van der Waals surface area contributed by atoms with Gasteiger partial charge in [-0.05, 0) is 55.2 Å². The Morgan fingerprint density at radius 2 is 2.08 bits per heavy atom. The molecule has 0 spiro atoms. The van der Waals surface area contributed by atoms with Crippen LogP contribution in [0.1, 0.15) is 22.4 Å². The van der Waals surface area contributed by atoms with Crippen LogP contribution in [0.2, 0.25) is 0 Å². The van der Waals surface area contributed by atoms with Gasteiger partial charge < -0.3 is 10.3 Å². The number of H-pyrrole nitrogens is 1. The van der Waals surface area contributed by atoms with Crippen LogP contribution in [-0.4, -0.2) is 22.4 Å². The van der Waals surface area contributed by atoms with E-state index in [0.717, 1.165) is 33.3 Å². The van der Waals surface area contributed by atoms with Crippen molar-refractivity contribution < 1.29 is 9.18 Å². The van der Waals surface area contributed by atoms with Crippen LogP contribution in [0.4, 0.5) is 4.39 Å². The molecule has 2 N–H and O–H groups in total. The van der Waals surface area contributed by atoms with Crippen LogP contribution in [-0.2, 0) is 17.6 Å². The van der Waals surface area contributed by atoms with Gasteiger partial charge in [0.15, 0.2) is 0 Å². The van der Waals surface area contributed by atoms with Crippen molar-refractivity contribution in [2.24, 2.45) is 0 Å². The third kappa shape index (κ3) is 3.62. The molecule has 124 valence electrons. The average Bonchev–Trinajstić information content (AvgIpc) is 2.82. The summed E-state index contributed by atoms with van der Waals surface area (Å²) in [4.78, 5) is 19.3. The van der Waals surface area contributed by atoms with Crippen LogP contribution in [0.3, 0.4) is 0 Å². The Hall–Kier alpha value is -2.69. The molecular formula is C19H20FN3O. The molecule has 0 radical (unpaired) electrons. The van der Waals surface area contributed by atoms with Crippen molar-refractivity contribution in [3.8, 4) is 0 Å². The molecule has 24 heavy (non-hydrogen) atoms. The van der Waals surface area contributed by atoms with Gasteiger partial charge in [-0.2, -0.15) is 0 Å². The van der Waals surface area contributed by atoms with Crippen LogP contribution in [0.5, 0.6) is 0 Å². The number of rotatable bonds is 5. The van der Waals surface area contributed by atoms with Gasteiger partial charge in [-0.25, -0.2) is 4.39 Å². The predicted molar refractivity (Wildman–Crippen MR) is 92.4 cm³/mol. The van der Waals surface area contributed by atoms with Crippen LogP contribution in [0.15, 0.2) is 36.7 Å². The van der Waals surface area contributed by atoms with E-state index >= 15 is 0 Å². The van der Waals surface area contributed by atoms with Gasteiger partial charge in [0, 0.05) is 35.5 Å². The summed E-state index contributed by atoms with van der Waals surface area (Å²) in [5, 5.41) is 3.94. The molecule has 0 aliphatic carbocycles. The Morgan fingerprint density at radius 3 is 2.88 bits per heavy atom. The van der Waals surface area contributed by atoms with Crippen molar-refractivity contribution in [2.45, 2.75) is 26.7 Å². The number of hydrogen-bond acceptors (Lipinski definition) is 2. The second-order valence-electron chi connectivity index (χ2n) is 6.07. The standard InChI is InChI=1S/C19H20FN3O/c1-12-7-14(11-21-10-12)8-19(24)22-6-5-16-13(2)23-18-9-15(20)3-4-17(16)18/h3-4,7,9-11,23H,5-6,8H2,1-2H3,(H,22,24). The zero-order valence-electron chi connectivity index (χ0n) is 13.8. The molecule has 0 saturated carbocycles. The van der Waals surface area contributed by atoms with Crippen molar-refractivity contribution in [3.05, 3.63) is 64.9 Å². The maximum absolute atomic E-state index is 13.3. The quantitative estimate of drug-likeness (QED) is 0.757. The van der Waals surface area contributed by atoms with Crippen molar-refractivity contribution >= 4 is 16.8 Å². The first-order valence-corrected chi connectivity index (χ1v) is 7.97. The van der Waals surface area contributed by atoms with E-state index in [4.69, 9.17) is 0 Å². The second-order valence-corrected chi connectivity index (χ2v) is 6.07. The Balaban J connectivity index is 1.60. The second kappa shape index (κ2) is 6.83. The minimum atomic E-state index is -0.254. The highest BCUT2D eigenvalue weighted by molar-refractivity contribution is 5.85. The Morgan fingerprint density at radius 1 is 1.25 bits per heavy atom. The number of nitrogens with zero attached hydrogens (tertiary/aromatic N) is 1. The Labute approximate surface area is 140 Å². The highest BCUT2D eigenvalue weighted by Crippen LogP contribution is 2.23. The number of benzene rings is 1. The van der Waals surface area contributed by atoms with E-state index in [-0.39, 0.29) is 11.7 Å². The van der Waals surface area contributed by atoms with Crippen molar-refractivity contribution in [1.82, 2.24) is 15.3 Å². The molecule has 0 aliphatic heterocycles. The van der Waals surface area contributed by atoms with E-state index in [2.05, 4.69) is 15.3 Å². The van der Waals surface area contributed by atoms with Gasteiger partial charge >= 0.3 is 0 Å². The van der Waals surface area contributed by atoms with Crippen LogP contribution in [0, 0.1) is 19.7 Å². The molecule has 0 aliphatic rings. The van der Waals surface area contributed by atoms with Gasteiger partial charge in [-0.3, -0.25) is 9.78 Å². The predicted octanol–water partition coefficient (Wildman–Crippen LogP) is 3.22. The van der Waals surface area contributed by atoms with Gasteiger partial charge in [0.25, 0.3) is 0 Å². The fourth-order valence-corrected chi connectivity index (χ4v) is 2.97. The molecule has 2 heterocycles. The Bertz CT molecular complexity index is 885. The highest BCUT2D eigenvalue weighted by atomic mass is 19.1. The number of nitrogens with one attached hydrogen (secondary N) is 2. The number of pyridine rings is 1. The van der Waals surface area contributed by atoms with Gasteiger partial charge in [0.2, 0.25) is 5.91 Å². The lowest BCUT2D eigenvalue weighted by Gasteiger charge is -2.06. The van der Waals surface area contributed by atoms with Crippen LogP contribution in [0.25, 0.3) is 10.9 Å². The molecule has 2 aromatic heterocycles. The smallest absolute Gasteiger partial charge is 0.224 e. The van der Waals surface area contributed by atoms with Crippen molar-refractivity contribution in [2.75, 3.05) is 6.54 Å². The number of carbonyl (C=O) groups excluding carboxylic acids is 1. The summed E-state index contributed by atoms with van der Waals surface area (Å²) in [7, 11) is 0. The lowest BCUT2D eigenvalue weighted by atomic mass is 10.1. The molecule has 0 bridgehead atoms. The average molecular weight is 325 g/mol. The van der Waals surface area contributed by atoms with Gasteiger partial charge in [-0.1, -0.05) is 6.07 Å². The summed E-state index contributed by atoms with van der Waals surface area (Å²) in [6.07, 6.45) is 4.51. The SMILES string of the molecule is Cc1cncc(CC(=O)NCCc2c(C)[nH]c3cc(F)ccc23)c1. The summed E-state index contributed by atoms with van der Waals surface area (Å²) in [5.74, 6) is -0.277. The number of aromatic nitrogens is 2. The number of carbonyl (C=O) groups is 1. The van der Waals surface area contributed by atoms with E-state index < -0.39 is 0 Å². The number of halogens is 1. The number of fused-ring (bicyclic) bond motifs is 1. The maximum atomic E-state index is 13.3. The Kier molecular flexibility index (Phi) is 4.60. The summed E-state index contributed by atoms with van der Waals surface area (Å²) in [6, 6.07) is 6.70. The number of aryl methyl sites for hydroxylation is 2. The largest absolute Gasteiger partial charge is 0.358 e. The minimum absolute atomic E-state index is 0.0223. The molecule has 4 nitrogen and oxygen atoms in total. The van der Waals surface area contributed by atoms with Crippen LogP contribution < -0.4 is 5.32 Å². The number of aromatic amines is 1. The van der Waals surface area contributed by atoms with E-state index in [1.54, 1.807) is 18.5 Å². The van der Waals surface area contributed by atoms with E-state index in [9.17, 15) is 9.18 Å².